The molecular formula is C22H27FN4. The molecule has 0 aliphatic carbocycles. The third-order valence-corrected chi connectivity index (χ3v) is 5.25. The normalized spacial score (nSPS) is 16.7. The third kappa shape index (κ3) is 4.28. The van der Waals surface area contributed by atoms with E-state index in [0.29, 0.717) is 23.6 Å². The number of nitrogens with zero attached hydrogens (tertiary/aromatic N) is 3. The highest BCUT2D eigenvalue weighted by atomic mass is 19.1. The highest BCUT2D eigenvalue weighted by molar-refractivity contribution is 5.47. The molecule has 2 aromatic rings. The van der Waals surface area contributed by atoms with Crippen LogP contribution in [0, 0.1) is 17.1 Å². The lowest BCUT2D eigenvalue weighted by Gasteiger charge is -2.31. The number of hydrogen-bond acceptors (Lipinski definition) is 4. The Morgan fingerprint density at radius 1 is 1.22 bits per heavy atom. The molecule has 0 amide bonds. The molecule has 0 saturated carbocycles. The predicted molar refractivity (Wildman–Crippen MR) is 106 cm³/mol. The van der Waals surface area contributed by atoms with Crippen LogP contribution in [0.25, 0.3) is 0 Å². The van der Waals surface area contributed by atoms with E-state index in [1.807, 2.05) is 32.0 Å². The van der Waals surface area contributed by atoms with Gasteiger partial charge < -0.3 is 10.2 Å². The molecule has 1 saturated heterocycles. The summed E-state index contributed by atoms with van der Waals surface area (Å²) in [5.41, 5.74) is 3.18. The van der Waals surface area contributed by atoms with Crippen LogP contribution in [0.5, 0.6) is 0 Å². The fourth-order valence-electron chi connectivity index (χ4n) is 3.84. The first-order valence-electron chi connectivity index (χ1n) is 9.88. The van der Waals surface area contributed by atoms with E-state index in [9.17, 15) is 4.39 Å². The van der Waals surface area contributed by atoms with Gasteiger partial charge >= 0.3 is 0 Å². The average molecular weight is 366 g/mol. The van der Waals surface area contributed by atoms with Gasteiger partial charge in [-0.1, -0.05) is 19.9 Å². The largest absolute Gasteiger partial charge is 0.352 e. The molecule has 2 aliphatic heterocycles. The van der Waals surface area contributed by atoms with Gasteiger partial charge in [0.1, 0.15) is 11.6 Å². The van der Waals surface area contributed by atoms with Crippen LogP contribution in [-0.4, -0.2) is 24.6 Å². The van der Waals surface area contributed by atoms with Gasteiger partial charge in [-0.2, -0.15) is 5.26 Å². The van der Waals surface area contributed by atoms with Crippen LogP contribution >= 0.6 is 0 Å². The number of pyridine rings is 1. The Balaban J connectivity index is 0.00000102. The van der Waals surface area contributed by atoms with E-state index in [-0.39, 0.29) is 5.82 Å². The van der Waals surface area contributed by atoms with E-state index in [1.165, 1.54) is 6.07 Å². The van der Waals surface area contributed by atoms with Crippen LogP contribution in [0.4, 0.5) is 10.2 Å². The summed E-state index contributed by atoms with van der Waals surface area (Å²) >= 11 is 0. The van der Waals surface area contributed by atoms with E-state index in [0.717, 1.165) is 56.0 Å². The first-order chi connectivity index (χ1) is 13.2. The minimum atomic E-state index is -0.284. The van der Waals surface area contributed by atoms with E-state index < -0.39 is 0 Å². The van der Waals surface area contributed by atoms with Crippen molar-refractivity contribution in [1.29, 1.82) is 5.26 Å². The van der Waals surface area contributed by atoms with E-state index in [2.05, 4.69) is 22.3 Å². The number of hydrogen-bond donors (Lipinski definition) is 1. The fraction of sp³-hybridized carbons (Fsp3) is 0.455. The maximum absolute atomic E-state index is 14.4. The number of nitriles is 1. The SMILES string of the molecule is CC.N#Cc1cc(F)c2c(c1)CCN(c1cccc(C3CCNCC3)n1)C2. The molecule has 0 unspecified atom stereocenters. The zero-order valence-electron chi connectivity index (χ0n) is 16.1. The summed E-state index contributed by atoms with van der Waals surface area (Å²) in [6.07, 6.45) is 2.97. The number of piperidine rings is 1. The number of nitrogens with one attached hydrogen (secondary N) is 1. The highest BCUT2D eigenvalue weighted by Crippen LogP contribution is 2.29. The smallest absolute Gasteiger partial charge is 0.129 e. The zero-order valence-corrected chi connectivity index (χ0v) is 16.1. The molecule has 2 aliphatic rings. The molecule has 1 N–H and O–H groups in total. The molecule has 3 heterocycles. The van der Waals surface area contributed by atoms with Crippen molar-refractivity contribution in [2.45, 2.75) is 45.6 Å². The van der Waals surface area contributed by atoms with Crippen LogP contribution in [0.3, 0.4) is 0 Å². The lowest BCUT2D eigenvalue weighted by Crippen LogP contribution is -2.32. The summed E-state index contributed by atoms with van der Waals surface area (Å²) in [5, 5.41) is 12.4. The van der Waals surface area contributed by atoms with Crippen LogP contribution in [0.1, 0.15) is 55.0 Å². The summed E-state index contributed by atoms with van der Waals surface area (Å²) in [5.74, 6) is 1.15. The molecule has 1 aromatic carbocycles. The molecule has 0 bridgehead atoms. The predicted octanol–water partition coefficient (Wildman–Crippen LogP) is 4.15. The average Bonchev–Trinajstić information content (AvgIpc) is 2.75. The molecule has 4 rings (SSSR count). The minimum absolute atomic E-state index is 0.284. The summed E-state index contributed by atoms with van der Waals surface area (Å²) in [6.45, 7) is 7.39. The molecular weight excluding hydrogens is 339 g/mol. The maximum atomic E-state index is 14.4. The second-order valence-electron chi connectivity index (χ2n) is 6.82. The van der Waals surface area contributed by atoms with Crippen molar-refractivity contribution in [1.82, 2.24) is 10.3 Å². The lowest BCUT2D eigenvalue weighted by molar-refractivity contribution is 0.453. The van der Waals surface area contributed by atoms with Crippen molar-refractivity contribution in [3.63, 3.8) is 0 Å². The molecule has 1 fully saturated rings. The van der Waals surface area contributed by atoms with Gasteiger partial charge in [0.2, 0.25) is 0 Å². The molecule has 5 heteroatoms. The van der Waals surface area contributed by atoms with Crippen LogP contribution < -0.4 is 10.2 Å². The standard InChI is InChI=1S/C20H21FN4.C2H6/c21-18-11-14(12-22)10-16-6-9-25(13-17(16)18)20-3-1-2-19(24-20)15-4-7-23-8-5-15;1-2/h1-3,10-11,15,23H,4-9,13H2;1-2H3. The number of anilines is 1. The van der Waals surface area contributed by atoms with Gasteiger partial charge in [-0.25, -0.2) is 9.37 Å². The topological polar surface area (TPSA) is 52.0 Å². The van der Waals surface area contributed by atoms with Crippen molar-refractivity contribution >= 4 is 5.82 Å². The Bertz CT molecular complexity index is 822. The van der Waals surface area contributed by atoms with Gasteiger partial charge in [0.05, 0.1) is 11.6 Å². The first kappa shape index (κ1) is 19.3. The lowest BCUT2D eigenvalue weighted by atomic mass is 9.94. The van der Waals surface area contributed by atoms with Crippen molar-refractivity contribution in [2.75, 3.05) is 24.5 Å². The Morgan fingerprint density at radius 3 is 2.74 bits per heavy atom. The number of benzene rings is 1. The monoisotopic (exact) mass is 366 g/mol. The number of rotatable bonds is 2. The molecule has 1 aromatic heterocycles. The Morgan fingerprint density at radius 2 is 2.00 bits per heavy atom. The number of aromatic nitrogens is 1. The van der Waals surface area contributed by atoms with Gasteiger partial charge in [0.25, 0.3) is 0 Å². The van der Waals surface area contributed by atoms with E-state index in [1.54, 1.807) is 0 Å². The van der Waals surface area contributed by atoms with Crippen molar-refractivity contribution in [2.24, 2.45) is 0 Å². The Hall–Kier alpha value is -2.45. The molecule has 0 atom stereocenters. The molecule has 0 spiro atoms. The molecule has 0 radical (unpaired) electrons. The number of fused-ring (bicyclic) bond motifs is 1. The van der Waals surface area contributed by atoms with Gasteiger partial charge in [-0.3, -0.25) is 0 Å². The van der Waals surface area contributed by atoms with Gasteiger partial charge in [-0.15, -0.1) is 0 Å². The molecule has 142 valence electrons. The van der Waals surface area contributed by atoms with Gasteiger partial charge in [0, 0.05) is 30.3 Å². The number of halogens is 1. The van der Waals surface area contributed by atoms with Crippen LogP contribution in [0.15, 0.2) is 30.3 Å². The fourth-order valence-corrected chi connectivity index (χ4v) is 3.84. The quantitative estimate of drug-likeness (QED) is 0.868. The molecule has 27 heavy (non-hydrogen) atoms. The maximum Gasteiger partial charge on any atom is 0.129 e. The van der Waals surface area contributed by atoms with Crippen LogP contribution in [0.2, 0.25) is 0 Å². The van der Waals surface area contributed by atoms with Gasteiger partial charge in [-0.05, 0) is 62.2 Å². The van der Waals surface area contributed by atoms with Crippen molar-refractivity contribution < 1.29 is 4.39 Å². The Labute approximate surface area is 161 Å². The summed E-state index contributed by atoms with van der Waals surface area (Å²) < 4.78 is 14.4. The second kappa shape index (κ2) is 8.96. The summed E-state index contributed by atoms with van der Waals surface area (Å²) in [6, 6.07) is 11.4. The van der Waals surface area contributed by atoms with Crippen LogP contribution in [-0.2, 0) is 13.0 Å². The van der Waals surface area contributed by atoms with Gasteiger partial charge in [0.15, 0.2) is 0 Å². The Kier molecular flexibility index (Phi) is 6.41. The summed E-state index contributed by atoms with van der Waals surface area (Å²) in [4.78, 5) is 7.02. The van der Waals surface area contributed by atoms with E-state index in [4.69, 9.17) is 10.2 Å². The zero-order chi connectivity index (χ0) is 19.2. The van der Waals surface area contributed by atoms with E-state index >= 15 is 0 Å². The molecule has 4 nitrogen and oxygen atoms in total. The first-order valence-corrected chi connectivity index (χ1v) is 9.88. The summed E-state index contributed by atoms with van der Waals surface area (Å²) in [7, 11) is 0. The third-order valence-electron chi connectivity index (χ3n) is 5.25. The highest BCUT2D eigenvalue weighted by Gasteiger charge is 2.23. The minimum Gasteiger partial charge on any atom is -0.352 e. The second-order valence-corrected chi connectivity index (χ2v) is 6.82. The van der Waals surface area contributed by atoms with Crippen molar-refractivity contribution in [3.8, 4) is 6.07 Å². The van der Waals surface area contributed by atoms with Crippen molar-refractivity contribution in [3.05, 3.63) is 58.5 Å².